The van der Waals surface area contributed by atoms with E-state index in [4.69, 9.17) is 5.11 Å². The van der Waals surface area contributed by atoms with Crippen LogP contribution >= 0.6 is 0 Å². The maximum atomic E-state index is 9.14. The van der Waals surface area contributed by atoms with Gasteiger partial charge < -0.3 is 5.11 Å². The number of allylic oxidation sites excluding steroid dienone is 3. The molecule has 1 fully saturated rings. The molecule has 0 amide bonds. The second-order valence-corrected chi connectivity index (χ2v) is 5.71. The van der Waals surface area contributed by atoms with Gasteiger partial charge in [-0.25, -0.2) is 0 Å². The monoisotopic (exact) mass is 220 g/mol. The lowest BCUT2D eigenvalue weighted by atomic mass is 9.71. The lowest BCUT2D eigenvalue weighted by molar-refractivity contribution is 0.296. The zero-order valence-corrected chi connectivity index (χ0v) is 10.8. The summed E-state index contributed by atoms with van der Waals surface area (Å²) in [5.41, 5.74) is 4.47. The van der Waals surface area contributed by atoms with Gasteiger partial charge in [-0.15, -0.1) is 0 Å². The van der Waals surface area contributed by atoms with Crippen LogP contribution in [0.3, 0.4) is 0 Å². The Kier molecular flexibility index (Phi) is 3.53. The van der Waals surface area contributed by atoms with Crippen LogP contribution in [0.4, 0.5) is 0 Å². The average molecular weight is 220 g/mol. The Morgan fingerprint density at radius 3 is 2.81 bits per heavy atom. The highest BCUT2D eigenvalue weighted by Crippen LogP contribution is 2.48. The van der Waals surface area contributed by atoms with Gasteiger partial charge in [0.1, 0.15) is 0 Å². The molecule has 2 aliphatic rings. The molecule has 0 aromatic heterocycles. The predicted molar refractivity (Wildman–Crippen MR) is 68.2 cm³/mol. The Morgan fingerprint density at radius 1 is 1.38 bits per heavy atom. The summed E-state index contributed by atoms with van der Waals surface area (Å²) < 4.78 is 0. The number of aliphatic hydroxyl groups excluding tert-OH is 1. The second kappa shape index (κ2) is 4.75. The fourth-order valence-electron chi connectivity index (χ4n) is 3.54. The Hall–Kier alpha value is -0.560. The van der Waals surface area contributed by atoms with Crippen molar-refractivity contribution in [2.45, 2.75) is 46.5 Å². The van der Waals surface area contributed by atoms with Crippen LogP contribution in [-0.4, -0.2) is 11.7 Å². The van der Waals surface area contributed by atoms with Gasteiger partial charge in [-0.3, -0.25) is 0 Å². The Labute approximate surface area is 99.3 Å². The fraction of sp³-hybridized carbons (Fsp3) is 0.733. The van der Waals surface area contributed by atoms with Crippen LogP contribution in [0.15, 0.2) is 22.8 Å². The summed E-state index contributed by atoms with van der Waals surface area (Å²) in [6.07, 6.45) is 7.60. The van der Waals surface area contributed by atoms with Crippen molar-refractivity contribution in [2.24, 2.45) is 17.8 Å². The lowest BCUT2D eigenvalue weighted by Gasteiger charge is -2.34. The van der Waals surface area contributed by atoms with E-state index < -0.39 is 0 Å². The summed E-state index contributed by atoms with van der Waals surface area (Å²) >= 11 is 0. The first-order chi connectivity index (χ1) is 7.63. The number of aliphatic hydroxyl groups is 1. The van der Waals surface area contributed by atoms with Gasteiger partial charge in [0.05, 0.1) is 6.61 Å². The van der Waals surface area contributed by atoms with Crippen molar-refractivity contribution < 1.29 is 5.11 Å². The lowest BCUT2D eigenvalue weighted by Crippen LogP contribution is -2.23. The second-order valence-electron chi connectivity index (χ2n) is 5.71. The molecule has 3 atom stereocenters. The van der Waals surface area contributed by atoms with Crippen molar-refractivity contribution in [3.05, 3.63) is 22.8 Å². The summed E-state index contributed by atoms with van der Waals surface area (Å²) in [7, 11) is 0. The standard InChI is InChI=1S/C15H24O/c1-10(9-16)8-13-6-4-11(2)14-7-5-12(3)15(13)14/h8,11,13-14,16H,4-7,9H2,1-3H3/b10-8-/t11-,13+,14?/m0/s1. The minimum atomic E-state index is 0.211. The average Bonchev–Trinajstić information content (AvgIpc) is 2.66. The summed E-state index contributed by atoms with van der Waals surface area (Å²) in [6, 6.07) is 0. The van der Waals surface area contributed by atoms with E-state index in [0.717, 1.165) is 17.4 Å². The van der Waals surface area contributed by atoms with Crippen LogP contribution in [0.1, 0.15) is 46.5 Å². The fourth-order valence-corrected chi connectivity index (χ4v) is 3.54. The summed E-state index contributed by atoms with van der Waals surface area (Å²) in [5.74, 6) is 2.32. The van der Waals surface area contributed by atoms with Crippen LogP contribution in [-0.2, 0) is 0 Å². The van der Waals surface area contributed by atoms with Crippen molar-refractivity contribution in [1.29, 1.82) is 0 Å². The van der Waals surface area contributed by atoms with E-state index >= 15 is 0 Å². The van der Waals surface area contributed by atoms with Crippen molar-refractivity contribution >= 4 is 0 Å². The molecule has 0 bridgehead atoms. The van der Waals surface area contributed by atoms with Crippen molar-refractivity contribution in [2.75, 3.05) is 6.61 Å². The molecule has 0 radical (unpaired) electrons. The Bertz CT molecular complexity index is 324. The molecule has 1 heteroatoms. The first-order valence-electron chi connectivity index (χ1n) is 6.61. The van der Waals surface area contributed by atoms with Gasteiger partial charge in [0.15, 0.2) is 0 Å². The van der Waals surface area contributed by atoms with Crippen LogP contribution in [0.5, 0.6) is 0 Å². The molecule has 0 aliphatic heterocycles. The number of fused-ring (bicyclic) bond motifs is 1. The summed E-state index contributed by atoms with van der Waals surface area (Å²) in [6.45, 7) is 6.96. The molecule has 0 aromatic carbocycles. The third-order valence-corrected chi connectivity index (χ3v) is 4.48. The zero-order chi connectivity index (χ0) is 11.7. The molecule has 2 rings (SSSR count). The van der Waals surface area contributed by atoms with E-state index in [9.17, 15) is 0 Å². The molecule has 1 N–H and O–H groups in total. The molecule has 0 saturated heterocycles. The minimum Gasteiger partial charge on any atom is -0.392 e. The van der Waals surface area contributed by atoms with Gasteiger partial charge in [-0.05, 0) is 57.3 Å². The largest absolute Gasteiger partial charge is 0.392 e. The third kappa shape index (κ3) is 2.10. The number of hydrogen-bond acceptors (Lipinski definition) is 1. The van der Waals surface area contributed by atoms with Gasteiger partial charge in [0, 0.05) is 0 Å². The van der Waals surface area contributed by atoms with E-state index in [2.05, 4.69) is 19.9 Å². The van der Waals surface area contributed by atoms with Gasteiger partial charge in [0.2, 0.25) is 0 Å². The van der Waals surface area contributed by atoms with E-state index in [1.54, 1.807) is 11.1 Å². The van der Waals surface area contributed by atoms with Crippen LogP contribution in [0.2, 0.25) is 0 Å². The molecular formula is C15H24O. The van der Waals surface area contributed by atoms with Gasteiger partial charge in [-0.1, -0.05) is 29.7 Å². The molecule has 0 heterocycles. The van der Waals surface area contributed by atoms with Gasteiger partial charge >= 0.3 is 0 Å². The smallest absolute Gasteiger partial charge is 0.0639 e. The topological polar surface area (TPSA) is 20.2 Å². The highest BCUT2D eigenvalue weighted by atomic mass is 16.3. The van der Waals surface area contributed by atoms with Crippen molar-refractivity contribution in [3.8, 4) is 0 Å². The quantitative estimate of drug-likeness (QED) is 0.704. The van der Waals surface area contributed by atoms with Gasteiger partial charge in [0.25, 0.3) is 0 Å². The Balaban J connectivity index is 2.24. The van der Waals surface area contributed by atoms with E-state index in [1.165, 1.54) is 25.7 Å². The Morgan fingerprint density at radius 2 is 2.12 bits per heavy atom. The molecule has 0 spiro atoms. The van der Waals surface area contributed by atoms with Crippen molar-refractivity contribution in [1.82, 2.24) is 0 Å². The zero-order valence-electron chi connectivity index (χ0n) is 10.8. The predicted octanol–water partition coefficient (Wildman–Crippen LogP) is 3.70. The molecule has 0 aromatic rings. The SMILES string of the molecule is CC1=C2C(CC1)[C@@H](C)CC[C@@H]2/C=C(/C)CO. The third-order valence-electron chi connectivity index (χ3n) is 4.48. The van der Waals surface area contributed by atoms with E-state index in [0.29, 0.717) is 5.92 Å². The molecule has 1 saturated carbocycles. The summed E-state index contributed by atoms with van der Waals surface area (Å²) in [5, 5.41) is 9.14. The summed E-state index contributed by atoms with van der Waals surface area (Å²) in [4.78, 5) is 0. The maximum Gasteiger partial charge on any atom is 0.0639 e. The normalized spacial score (nSPS) is 35.5. The van der Waals surface area contributed by atoms with Crippen molar-refractivity contribution in [3.63, 3.8) is 0 Å². The van der Waals surface area contributed by atoms with Crippen LogP contribution in [0.25, 0.3) is 0 Å². The van der Waals surface area contributed by atoms with E-state index in [1.807, 2.05) is 6.92 Å². The van der Waals surface area contributed by atoms with Crippen LogP contribution < -0.4 is 0 Å². The molecule has 1 nitrogen and oxygen atoms in total. The molecule has 1 unspecified atom stereocenters. The minimum absolute atomic E-state index is 0.211. The molecule has 2 aliphatic carbocycles. The number of rotatable bonds is 2. The first kappa shape index (κ1) is 11.9. The number of hydrogen-bond donors (Lipinski definition) is 1. The highest BCUT2D eigenvalue weighted by molar-refractivity contribution is 5.30. The highest BCUT2D eigenvalue weighted by Gasteiger charge is 2.35. The molecular weight excluding hydrogens is 196 g/mol. The molecule has 90 valence electrons. The molecule has 16 heavy (non-hydrogen) atoms. The first-order valence-corrected chi connectivity index (χ1v) is 6.61. The van der Waals surface area contributed by atoms with Gasteiger partial charge in [-0.2, -0.15) is 0 Å². The van der Waals surface area contributed by atoms with E-state index in [-0.39, 0.29) is 6.61 Å². The van der Waals surface area contributed by atoms with Crippen LogP contribution in [0, 0.1) is 17.8 Å². The maximum absolute atomic E-state index is 9.14.